The maximum Gasteiger partial charge on any atom is 0.242 e. The fourth-order valence-electron chi connectivity index (χ4n) is 2.61. The molecule has 2 heterocycles. The van der Waals surface area contributed by atoms with Crippen LogP contribution in [0.25, 0.3) is 0 Å². The summed E-state index contributed by atoms with van der Waals surface area (Å²) >= 11 is 1.40. The van der Waals surface area contributed by atoms with Crippen LogP contribution in [-0.4, -0.2) is 46.8 Å². The van der Waals surface area contributed by atoms with Crippen molar-refractivity contribution in [2.75, 3.05) is 25.0 Å². The van der Waals surface area contributed by atoms with Crippen molar-refractivity contribution in [3.8, 4) is 5.75 Å². The van der Waals surface area contributed by atoms with E-state index in [2.05, 4.69) is 17.2 Å². The number of carbonyl (C=O) groups is 2. The fourth-order valence-corrected chi connectivity index (χ4v) is 3.80. The van der Waals surface area contributed by atoms with Crippen molar-refractivity contribution in [1.82, 2.24) is 4.90 Å². The van der Waals surface area contributed by atoms with Gasteiger partial charge < -0.3 is 10.1 Å². The number of amidine groups is 1. The minimum atomic E-state index is -0.367. The molecule has 0 aromatic heterocycles. The molecule has 1 aromatic rings. The average molecular weight is 347 g/mol. The van der Waals surface area contributed by atoms with Crippen molar-refractivity contribution in [1.29, 1.82) is 0 Å². The minimum absolute atomic E-state index is 0.00286. The highest BCUT2D eigenvalue weighted by Crippen LogP contribution is 2.31. The van der Waals surface area contributed by atoms with Crippen molar-refractivity contribution >= 4 is 34.4 Å². The van der Waals surface area contributed by atoms with Gasteiger partial charge in [0.05, 0.1) is 6.61 Å². The molecule has 0 radical (unpaired) electrons. The van der Waals surface area contributed by atoms with E-state index >= 15 is 0 Å². The first-order chi connectivity index (χ1) is 11.7. The first-order valence-corrected chi connectivity index (χ1v) is 9.10. The average Bonchev–Trinajstić information content (AvgIpc) is 2.90. The number of thioether (sulfide) groups is 1. The minimum Gasteiger partial charge on any atom is -0.494 e. The Bertz CT molecular complexity index is 645. The van der Waals surface area contributed by atoms with Crippen LogP contribution in [0.1, 0.15) is 26.2 Å². The van der Waals surface area contributed by atoms with Crippen LogP contribution in [0.15, 0.2) is 29.3 Å². The second-order valence-corrected chi connectivity index (χ2v) is 6.91. The maximum atomic E-state index is 12.3. The molecule has 6 nitrogen and oxygen atoms in total. The zero-order chi connectivity index (χ0) is 16.9. The Morgan fingerprint density at radius 2 is 2.21 bits per heavy atom. The lowest BCUT2D eigenvalue weighted by molar-refractivity contribution is -0.128. The molecule has 1 aromatic carbocycles. The van der Waals surface area contributed by atoms with Gasteiger partial charge in [0.25, 0.3) is 0 Å². The van der Waals surface area contributed by atoms with Crippen LogP contribution in [0.4, 0.5) is 5.69 Å². The first-order valence-electron chi connectivity index (χ1n) is 8.22. The Labute approximate surface area is 145 Å². The normalized spacial score (nSPS) is 19.7. The monoisotopic (exact) mass is 347 g/mol. The van der Waals surface area contributed by atoms with Crippen molar-refractivity contribution in [3.05, 3.63) is 24.3 Å². The van der Waals surface area contributed by atoms with Crippen LogP contribution in [0.5, 0.6) is 5.75 Å². The van der Waals surface area contributed by atoms with Crippen LogP contribution in [0, 0.1) is 0 Å². The second-order valence-electron chi connectivity index (χ2n) is 5.74. The zero-order valence-corrected chi connectivity index (χ0v) is 14.5. The van der Waals surface area contributed by atoms with Crippen molar-refractivity contribution in [2.45, 2.75) is 31.4 Å². The SMILES string of the molecule is CCCOc1ccc(NC(=O)CC2SC3=NCCCN3C2=O)cc1. The lowest BCUT2D eigenvalue weighted by atomic mass is 10.2. The summed E-state index contributed by atoms with van der Waals surface area (Å²) < 4.78 is 5.51. The Balaban J connectivity index is 1.53. The number of ether oxygens (including phenoxy) is 1. The molecular weight excluding hydrogens is 326 g/mol. The summed E-state index contributed by atoms with van der Waals surface area (Å²) in [5, 5.41) is 3.23. The van der Waals surface area contributed by atoms with Crippen LogP contribution in [0.2, 0.25) is 0 Å². The highest BCUT2D eigenvalue weighted by Gasteiger charge is 2.39. The molecular formula is C17H21N3O3S. The third kappa shape index (κ3) is 3.90. The summed E-state index contributed by atoms with van der Waals surface area (Å²) in [7, 11) is 0. The van der Waals surface area contributed by atoms with Crippen molar-refractivity contribution in [2.24, 2.45) is 4.99 Å². The largest absolute Gasteiger partial charge is 0.494 e. The Morgan fingerprint density at radius 1 is 1.42 bits per heavy atom. The molecule has 1 fully saturated rings. The number of carbonyl (C=O) groups excluding carboxylic acids is 2. The zero-order valence-electron chi connectivity index (χ0n) is 13.7. The van der Waals surface area contributed by atoms with E-state index in [0.717, 1.165) is 30.3 Å². The lowest BCUT2D eigenvalue weighted by Gasteiger charge is -2.19. The molecule has 0 aliphatic carbocycles. The van der Waals surface area contributed by atoms with Crippen LogP contribution >= 0.6 is 11.8 Å². The molecule has 1 N–H and O–H groups in total. The summed E-state index contributed by atoms with van der Waals surface area (Å²) in [6.45, 7) is 4.20. The van der Waals surface area contributed by atoms with Crippen LogP contribution in [-0.2, 0) is 9.59 Å². The number of nitrogens with one attached hydrogen (secondary N) is 1. The third-order valence-electron chi connectivity index (χ3n) is 3.79. The summed E-state index contributed by atoms with van der Waals surface area (Å²) in [5.41, 5.74) is 0.703. The van der Waals surface area contributed by atoms with Gasteiger partial charge in [-0.15, -0.1) is 0 Å². The number of hydrogen-bond acceptors (Lipinski definition) is 5. The van der Waals surface area contributed by atoms with Crippen molar-refractivity contribution < 1.29 is 14.3 Å². The van der Waals surface area contributed by atoms with Gasteiger partial charge in [-0.25, -0.2) is 0 Å². The predicted octanol–water partition coefficient (Wildman–Crippen LogP) is 2.51. The molecule has 1 saturated heterocycles. The highest BCUT2D eigenvalue weighted by atomic mass is 32.2. The highest BCUT2D eigenvalue weighted by molar-refractivity contribution is 8.15. The van der Waals surface area contributed by atoms with Gasteiger partial charge in [-0.2, -0.15) is 0 Å². The molecule has 24 heavy (non-hydrogen) atoms. The number of aliphatic imine (C=N–C) groups is 1. The Morgan fingerprint density at radius 3 is 2.92 bits per heavy atom. The standard InChI is InChI=1S/C17H21N3O3S/c1-2-10-23-13-6-4-12(5-7-13)19-15(21)11-14-16(22)20-9-3-8-18-17(20)24-14/h4-7,14H,2-3,8-11H2,1H3,(H,19,21). The third-order valence-corrected chi connectivity index (χ3v) is 5.00. The van der Waals surface area contributed by atoms with E-state index in [1.807, 2.05) is 12.1 Å². The van der Waals surface area contributed by atoms with E-state index in [-0.39, 0.29) is 23.5 Å². The summed E-state index contributed by atoms with van der Waals surface area (Å²) in [6.07, 6.45) is 2.00. The van der Waals surface area contributed by atoms with Gasteiger partial charge in [-0.05, 0) is 37.1 Å². The maximum absolute atomic E-state index is 12.3. The number of fused-ring (bicyclic) bond motifs is 1. The van der Waals surface area contributed by atoms with Gasteiger partial charge in [-0.1, -0.05) is 18.7 Å². The van der Waals surface area contributed by atoms with Gasteiger partial charge in [0.2, 0.25) is 11.8 Å². The molecule has 3 rings (SSSR count). The molecule has 2 aliphatic rings. The Hall–Kier alpha value is -2.02. The van der Waals surface area contributed by atoms with E-state index in [9.17, 15) is 9.59 Å². The quantitative estimate of drug-likeness (QED) is 0.858. The summed E-state index contributed by atoms with van der Waals surface area (Å²) in [5.74, 6) is 0.617. The number of anilines is 1. The molecule has 1 atom stereocenters. The number of nitrogens with zero attached hydrogens (tertiary/aromatic N) is 2. The van der Waals surface area contributed by atoms with E-state index < -0.39 is 0 Å². The molecule has 0 spiro atoms. The topological polar surface area (TPSA) is 71.0 Å². The van der Waals surface area contributed by atoms with E-state index in [4.69, 9.17) is 4.74 Å². The van der Waals surface area contributed by atoms with E-state index in [0.29, 0.717) is 18.8 Å². The van der Waals surface area contributed by atoms with Crippen LogP contribution in [0.3, 0.4) is 0 Å². The molecule has 1 unspecified atom stereocenters. The molecule has 0 bridgehead atoms. The molecule has 128 valence electrons. The van der Waals surface area contributed by atoms with E-state index in [1.54, 1.807) is 17.0 Å². The summed E-state index contributed by atoms with van der Waals surface area (Å²) in [4.78, 5) is 30.6. The number of benzene rings is 1. The van der Waals surface area contributed by atoms with Gasteiger partial charge in [0, 0.05) is 25.2 Å². The van der Waals surface area contributed by atoms with Gasteiger partial charge in [0.15, 0.2) is 5.17 Å². The fraction of sp³-hybridized carbons (Fsp3) is 0.471. The molecule has 0 saturated carbocycles. The van der Waals surface area contributed by atoms with Gasteiger partial charge in [0.1, 0.15) is 11.0 Å². The molecule has 2 amide bonds. The number of amides is 2. The molecule has 2 aliphatic heterocycles. The Kier molecular flexibility index (Phi) is 5.40. The smallest absolute Gasteiger partial charge is 0.242 e. The van der Waals surface area contributed by atoms with Gasteiger partial charge >= 0.3 is 0 Å². The predicted molar refractivity (Wildman–Crippen MR) is 95.5 cm³/mol. The first kappa shape index (κ1) is 16.8. The van der Waals surface area contributed by atoms with Crippen molar-refractivity contribution in [3.63, 3.8) is 0 Å². The number of hydrogen-bond donors (Lipinski definition) is 1. The second kappa shape index (κ2) is 7.70. The summed E-state index contributed by atoms with van der Waals surface area (Å²) in [6, 6.07) is 7.27. The molecule has 7 heteroatoms. The van der Waals surface area contributed by atoms with Crippen LogP contribution < -0.4 is 10.1 Å². The number of rotatable bonds is 6. The van der Waals surface area contributed by atoms with E-state index in [1.165, 1.54) is 11.8 Å². The lowest BCUT2D eigenvalue weighted by Crippen LogP contribution is -2.36. The van der Waals surface area contributed by atoms with Gasteiger partial charge in [-0.3, -0.25) is 19.5 Å².